The minimum atomic E-state index is -3.76. The number of hydrogen-bond donors (Lipinski definition) is 2. The van der Waals surface area contributed by atoms with Gasteiger partial charge in [0.05, 0.1) is 11.5 Å². The molecule has 1 aliphatic carbocycles. The molecule has 1 aromatic carbocycles. The number of hydrogen-bond acceptors (Lipinski definition) is 3. The highest BCUT2D eigenvalue weighted by atomic mass is 32.2. The zero-order valence-corrected chi connectivity index (χ0v) is 13.2. The molecule has 1 fully saturated rings. The number of aliphatic hydroxyl groups excluding tert-OH is 1. The molecule has 0 bridgehead atoms. The Morgan fingerprint density at radius 3 is 2.48 bits per heavy atom. The van der Waals surface area contributed by atoms with E-state index in [2.05, 4.69) is 11.6 Å². The van der Waals surface area contributed by atoms with Gasteiger partial charge in [0, 0.05) is 11.6 Å². The highest BCUT2D eigenvalue weighted by molar-refractivity contribution is 7.89. The summed E-state index contributed by atoms with van der Waals surface area (Å²) in [5, 5.41) is 9.11. The summed E-state index contributed by atoms with van der Waals surface area (Å²) in [4.78, 5) is -0.0785. The number of aliphatic hydroxyl groups is 1. The van der Waals surface area contributed by atoms with Crippen LogP contribution < -0.4 is 4.72 Å². The Balaban J connectivity index is 2.25. The molecule has 1 aromatic rings. The first-order chi connectivity index (χ1) is 9.83. The van der Waals surface area contributed by atoms with Crippen LogP contribution in [-0.4, -0.2) is 19.6 Å². The van der Waals surface area contributed by atoms with E-state index in [1.807, 2.05) is 0 Å². The number of sulfonamides is 1. The fourth-order valence-electron chi connectivity index (χ4n) is 2.74. The van der Waals surface area contributed by atoms with Crippen molar-refractivity contribution in [3.05, 3.63) is 29.1 Å². The molecule has 1 saturated carbocycles. The van der Waals surface area contributed by atoms with Crippen molar-refractivity contribution in [3.63, 3.8) is 0 Å². The molecule has 0 spiro atoms. The molecule has 4 nitrogen and oxygen atoms in total. The van der Waals surface area contributed by atoms with Gasteiger partial charge in [0.1, 0.15) is 5.82 Å². The van der Waals surface area contributed by atoms with E-state index in [1.165, 1.54) is 13.0 Å². The molecule has 2 N–H and O–H groups in total. The van der Waals surface area contributed by atoms with Gasteiger partial charge in [-0.25, -0.2) is 17.5 Å². The Bertz CT molecular complexity index is 608. The van der Waals surface area contributed by atoms with Crippen LogP contribution in [0.15, 0.2) is 17.0 Å². The lowest BCUT2D eigenvalue weighted by atomic mass is 9.88. The Morgan fingerprint density at radius 1 is 1.29 bits per heavy atom. The van der Waals surface area contributed by atoms with Gasteiger partial charge in [-0.1, -0.05) is 6.92 Å². The topological polar surface area (TPSA) is 66.4 Å². The summed E-state index contributed by atoms with van der Waals surface area (Å²) in [5.41, 5.74) is 0.347. The summed E-state index contributed by atoms with van der Waals surface area (Å²) in [7, 11) is -3.76. The van der Waals surface area contributed by atoms with E-state index >= 15 is 0 Å². The van der Waals surface area contributed by atoms with E-state index in [4.69, 9.17) is 5.11 Å². The largest absolute Gasteiger partial charge is 0.392 e. The molecular formula is C15H22FNO3S. The summed E-state index contributed by atoms with van der Waals surface area (Å²) in [6.07, 6.45) is 3.61. The van der Waals surface area contributed by atoms with Gasteiger partial charge < -0.3 is 5.11 Å². The highest BCUT2D eigenvalue weighted by Crippen LogP contribution is 2.26. The maximum Gasteiger partial charge on any atom is 0.241 e. The van der Waals surface area contributed by atoms with E-state index in [9.17, 15) is 12.8 Å². The second-order valence-electron chi connectivity index (χ2n) is 5.94. The van der Waals surface area contributed by atoms with Gasteiger partial charge in [-0.05, 0) is 56.2 Å². The van der Waals surface area contributed by atoms with Crippen LogP contribution in [0.3, 0.4) is 0 Å². The molecule has 0 radical (unpaired) electrons. The van der Waals surface area contributed by atoms with Crippen molar-refractivity contribution in [2.75, 3.05) is 0 Å². The van der Waals surface area contributed by atoms with Crippen LogP contribution in [0.5, 0.6) is 0 Å². The third-order valence-corrected chi connectivity index (χ3v) is 5.81. The van der Waals surface area contributed by atoms with Crippen LogP contribution in [0.25, 0.3) is 0 Å². The van der Waals surface area contributed by atoms with E-state index in [0.29, 0.717) is 5.92 Å². The van der Waals surface area contributed by atoms with E-state index in [1.54, 1.807) is 0 Å². The quantitative estimate of drug-likeness (QED) is 0.897. The molecular weight excluding hydrogens is 293 g/mol. The lowest BCUT2D eigenvalue weighted by Gasteiger charge is -2.27. The average Bonchev–Trinajstić information content (AvgIpc) is 2.43. The fourth-order valence-corrected chi connectivity index (χ4v) is 4.35. The van der Waals surface area contributed by atoms with Gasteiger partial charge in [0.2, 0.25) is 10.0 Å². The minimum absolute atomic E-state index is 0.0785. The van der Waals surface area contributed by atoms with E-state index in [-0.39, 0.29) is 28.7 Å². The second kappa shape index (κ2) is 6.42. The number of halogens is 1. The third kappa shape index (κ3) is 3.81. The molecule has 118 valence electrons. The monoisotopic (exact) mass is 315 g/mol. The summed E-state index contributed by atoms with van der Waals surface area (Å²) in [6, 6.07) is 2.41. The van der Waals surface area contributed by atoms with Crippen LogP contribution in [0.1, 0.15) is 43.7 Å². The number of benzene rings is 1. The molecule has 6 heteroatoms. The number of rotatable bonds is 4. The molecule has 0 aliphatic heterocycles. The lowest BCUT2D eigenvalue weighted by Crippen LogP contribution is -2.37. The molecule has 1 aliphatic rings. The molecule has 0 aromatic heterocycles. The van der Waals surface area contributed by atoms with Gasteiger partial charge in [0.15, 0.2) is 0 Å². The van der Waals surface area contributed by atoms with Gasteiger partial charge >= 0.3 is 0 Å². The predicted octanol–water partition coefficient (Wildman–Crippen LogP) is 2.48. The molecule has 21 heavy (non-hydrogen) atoms. The summed E-state index contributed by atoms with van der Waals surface area (Å²) in [6.45, 7) is 3.21. The van der Waals surface area contributed by atoms with E-state index in [0.717, 1.165) is 31.7 Å². The summed E-state index contributed by atoms with van der Waals surface area (Å²) >= 11 is 0. The summed E-state index contributed by atoms with van der Waals surface area (Å²) in [5.74, 6) is 0.0156. The van der Waals surface area contributed by atoms with Crippen molar-refractivity contribution in [1.29, 1.82) is 0 Å². The smallest absolute Gasteiger partial charge is 0.241 e. The lowest BCUT2D eigenvalue weighted by molar-refractivity contribution is 0.281. The van der Waals surface area contributed by atoms with Crippen LogP contribution >= 0.6 is 0 Å². The molecule has 0 unspecified atom stereocenters. The maximum atomic E-state index is 13.8. The average molecular weight is 315 g/mol. The Labute approximate surface area is 125 Å². The zero-order chi connectivity index (χ0) is 15.6. The van der Waals surface area contributed by atoms with Gasteiger partial charge in [-0.15, -0.1) is 0 Å². The van der Waals surface area contributed by atoms with Crippen LogP contribution in [0, 0.1) is 18.7 Å². The molecule has 2 rings (SSSR count). The minimum Gasteiger partial charge on any atom is -0.392 e. The van der Waals surface area contributed by atoms with Crippen LogP contribution in [0.2, 0.25) is 0 Å². The fraction of sp³-hybridized carbons (Fsp3) is 0.600. The predicted molar refractivity (Wildman–Crippen MR) is 78.8 cm³/mol. The summed E-state index contributed by atoms with van der Waals surface area (Å²) < 4.78 is 41.4. The van der Waals surface area contributed by atoms with Crippen LogP contribution in [0.4, 0.5) is 4.39 Å². The van der Waals surface area contributed by atoms with Gasteiger partial charge in [-0.2, -0.15) is 0 Å². The molecule has 0 amide bonds. The Kier molecular flexibility index (Phi) is 5.01. The molecule has 0 atom stereocenters. The van der Waals surface area contributed by atoms with Gasteiger partial charge in [0.25, 0.3) is 0 Å². The van der Waals surface area contributed by atoms with Crippen molar-refractivity contribution in [3.8, 4) is 0 Å². The Hall–Kier alpha value is -0.980. The second-order valence-corrected chi connectivity index (χ2v) is 7.62. The first-order valence-electron chi connectivity index (χ1n) is 7.25. The van der Waals surface area contributed by atoms with E-state index < -0.39 is 15.8 Å². The first kappa shape index (κ1) is 16.4. The number of nitrogens with one attached hydrogen (secondary N) is 1. The van der Waals surface area contributed by atoms with Crippen molar-refractivity contribution < 1.29 is 17.9 Å². The SMILES string of the molecule is Cc1c(F)cc(CO)cc1S(=O)(=O)NC1CCC(C)CC1. The van der Waals surface area contributed by atoms with Crippen molar-refractivity contribution in [2.24, 2.45) is 5.92 Å². The van der Waals surface area contributed by atoms with Crippen LogP contribution in [-0.2, 0) is 16.6 Å². The van der Waals surface area contributed by atoms with Crippen molar-refractivity contribution in [1.82, 2.24) is 4.72 Å². The third-order valence-electron chi connectivity index (χ3n) is 4.17. The Morgan fingerprint density at radius 2 is 1.90 bits per heavy atom. The molecule has 0 saturated heterocycles. The van der Waals surface area contributed by atoms with Crippen molar-refractivity contribution >= 4 is 10.0 Å². The van der Waals surface area contributed by atoms with Crippen molar-refractivity contribution in [2.45, 2.75) is 57.1 Å². The maximum absolute atomic E-state index is 13.8. The standard InChI is InChI=1S/C15H22FNO3S/c1-10-3-5-13(6-4-10)17-21(19,20)15-8-12(9-18)7-14(16)11(15)2/h7-8,10,13,17-18H,3-6,9H2,1-2H3. The first-order valence-corrected chi connectivity index (χ1v) is 8.74. The zero-order valence-electron chi connectivity index (χ0n) is 12.4. The normalized spacial score (nSPS) is 23.2. The molecule has 0 heterocycles. The van der Waals surface area contributed by atoms with Gasteiger partial charge in [-0.3, -0.25) is 0 Å². The highest BCUT2D eigenvalue weighted by Gasteiger charge is 2.26.